The predicted molar refractivity (Wildman–Crippen MR) is 409 cm³/mol. The van der Waals surface area contributed by atoms with Crippen LogP contribution in [0.4, 0.5) is 0 Å². The van der Waals surface area contributed by atoms with E-state index in [0.29, 0.717) is 25.7 Å². The Morgan fingerprint density at radius 2 is 0.460 bits per heavy atom. The van der Waals surface area contributed by atoms with Crippen molar-refractivity contribution in [1.82, 2.24) is 0 Å². The van der Waals surface area contributed by atoms with Crippen LogP contribution in [0.2, 0.25) is 0 Å². The van der Waals surface area contributed by atoms with Gasteiger partial charge >= 0.3 is 39.5 Å². The summed E-state index contributed by atoms with van der Waals surface area (Å²) in [5.41, 5.74) is 0. The first kappa shape index (κ1) is 98.1. The Hall–Kier alpha value is -1.94. The van der Waals surface area contributed by atoms with Crippen molar-refractivity contribution >= 4 is 39.5 Å². The molecule has 0 spiro atoms. The number of phosphoric acid groups is 2. The second-order valence-corrected chi connectivity index (χ2v) is 33.5. The van der Waals surface area contributed by atoms with Crippen molar-refractivity contribution in [2.24, 2.45) is 17.8 Å². The first-order valence-corrected chi connectivity index (χ1v) is 44.8. The summed E-state index contributed by atoms with van der Waals surface area (Å²) in [4.78, 5) is 73.0. The van der Waals surface area contributed by atoms with Gasteiger partial charge in [0.05, 0.1) is 26.4 Å². The SMILES string of the molecule is CCCCCCCCCCCCCCCCCCCCC(=O)OC[C@H](COP(=O)(O)OC[C@@H](O)COP(=O)(O)OC[C@@H](COC(=O)CCCCCCCCCCCC(C)C)OC(=O)CCCCCCCCCCCC(C)C)OC(=O)CCCCCCCCCCCCCCCCCC(C)C. The highest BCUT2D eigenvalue weighted by Crippen LogP contribution is 2.45. The number of aliphatic hydroxyl groups is 1. The summed E-state index contributed by atoms with van der Waals surface area (Å²) in [6.45, 7) is 11.9. The van der Waals surface area contributed by atoms with E-state index >= 15 is 0 Å². The molecule has 3 N–H and O–H groups in total. The monoisotopic (exact) mass is 1470 g/mol. The molecule has 0 fully saturated rings. The molecule has 2 unspecified atom stereocenters. The van der Waals surface area contributed by atoms with E-state index in [9.17, 15) is 43.2 Å². The van der Waals surface area contributed by atoms with Gasteiger partial charge in [0, 0.05) is 25.7 Å². The van der Waals surface area contributed by atoms with Gasteiger partial charge in [0.15, 0.2) is 12.2 Å². The smallest absolute Gasteiger partial charge is 0.462 e. The normalized spacial score (nSPS) is 14.0. The fraction of sp³-hybridized carbons (Fsp3) is 0.951. The summed E-state index contributed by atoms with van der Waals surface area (Å²) in [6, 6.07) is 0. The van der Waals surface area contributed by atoms with Crippen LogP contribution in [0.15, 0.2) is 0 Å². The number of ether oxygens (including phenoxy) is 4. The molecule has 0 aliphatic rings. The number of rotatable bonds is 79. The Balaban J connectivity index is 5.25. The van der Waals surface area contributed by atoms with Crippen molar-refractivity contribution in [3.8, 4) is 0 Å². The summed E-state index contributed by atoms with van der Waals surface area (Å²) < 4.78 is 68.7. The molecule has 0 aromatic carbocycles. The lowest BCUT2D eigenvalue weighted by molar-refractivity contribution is -0.161. The van der Waals surface area contributed by atoms with Crippen LogP contribution in [-0.2, 0) is 65.4 Å². The summed E-state index contributed by atoms with van der Waals surface area (Å²) in [5.74, 6) is 0.171. The number of hydrogen-bond acceptors (Lipinski definition) is 15. The highest BCUT2D eigenvalue weighted by Gasteiger charge is 2.30. The van der Waals surface area contributed by atoms with E-state index in [2.05, 4.69) is 48.5 Å². The van der Waals surface area contributed by atoms with E-state index < -0.39 is 97.5 Å². The standard InChI is InChI=1S/C81H158O17P2/c1-8-9-10-11-12-13-14-15-16-17-18-21-24-27-34-41-48-55-62-78(83)91-68-76(97-80(85)64-57-50-43-35-28-25-22-19-20-23-26-31-38-45-52-59-72(2)3)70-95-99(87,88)93-66-75(82)67-94-100(89,90)96-71-77(98-81(86)65-58-51-44-37-30-33-40-47-54-61-74(6)7)69-92-79(84)63-56-49-42-36-29-32-39-46-53-60-73(4)5/h72-77,82H,8-71H2,1-7H3,(H,87,88)(H,89,90)/t75-,76-,77-/m1/s1. The van der Waals surface area contributed by atoms with Crippen LogP contribution >= 0.6 is 15.6 Å². The first-order chi connectivity index (χ1) is 48.2. The minimum Gasteiger partial charge on any atom is -0.462 e. The fourth-order valence-corrected chi connectivity index (χ4v) is 14.1. The van der Waals surface area contributed by atoms with Gasteiger partial charge in [-0.05, 0) is 43.4 Å². The lowest BCUT2D eigenvalue weighted by atomic mass is 10.0. The van der Waals surface area contributed by atoms with E-state index in [1.165, 1.54) is 231 Å². The Bertz CT molecular complexity index is 1940. The quantitative estimate of drug-likeness (QED) is 0.0222. The van der Waals surface area contributed by atoms with Gasteiger partial charge in [-0.1, -0.05) is 370 Å². The van der Waals surface area contributed by atoms with E-state index in [-0.39, 0.29) is 25.7 Å². The van der Waals surface area contributed by atoms with Gasteiger partial charge in [-0.3, -0.25) is 37.3 Å². The molecule has 0 radical (unpaired) electrons. The number of esters is 4. The van der Waals surface area contributed by atoms with Crippen molar-refractivity contribution in [1.29, 1.82) is 0 Å². The molecule has 0 aliphatic heterocycles. The largest absolute Gasteiger partial charge is 0.472 e. The maximum absolute atomic E-state index is 13.1. The molecule has 5 atom stereocenters. The lowest BCUT2D eigenvalue weighted by Gasteiger charge is -2.21. The molecule has 0 bridgehead atoms. The van der Waals surface area contributed by atoms with Gasteiger partial charge < -0.3 is 33.8 Å². The maximum Gasteiger partial charge on any atom is 0.472 e. The minimum atomic E-state index is -4.96. The van der Waals surface area contributed by atoms with Crippen LogP contribution in [0.3, 0.4) is 0 Å². The molecule has 0 heterocycles. The van der Waals surface area contributed by atoms with Crippen LogP contribution in [-0.4, -0.2) is 96.7 Å². The molecule has 594 valence electrons. The fourth-order valence-electron chi connectivity index (χ4n) is 12.5. The van der Waals surface area contributed by atoms with Crippen molar-refractivity contribution in [3.05, 3.63) is 0 Å². The van der Waals surface area contributed by atoms with E-state index in [1.54, 1.807) is 0 Å². The predicted octanol–water partition coefficient (Wildman–Crippen LogP) is 24.1. The molecule has 0 rings (SSSR count). The third-order valence-electron chi connectivity index (χ3n) is 18.9. The second-order valence-electron chi connectivity index (χ2n) is 30.6. The average molecular weight is 1470 g/mol. The van der Waals surface area contributed by atoms with Gasteiger partial charge in [-0.2, -0.15) is 0 Å². The summed E-state index contributed by atoms with van der Waals surface area (Å²) in [7, 11) is -9.92. The highest BCUT2D eigenvalue weighted by atomic mass is 31.2. The molecule has 17 nitrogen and oxygen atoms in total. The van der Waals surface area contributed by atoms with Gasteiger partial charge in [0.2, 0.25) is 0 Å². The van der Waals surface area contributed by atoms with Crippen molar-refractivity contribution < 1.29 is 80.2 Å². The van der Waals surface area contributed by atoms with Gasteiger partial charge in [0.1, 0.15) is 19.3 Å². The minimum absolute atomic E-state index is 0.105. The van der Waals surface area contributed by atoms with Crippen LogP contribution in [0.5, 0.6) is 0 Å². The molecule has 0 saturated heterocycles. The summed E-state index contributed by atoms with van der Waals surface area (Å²) in [6.07, 6.45) is 59.7. The molecule has 0 amide bonds. The van der Waals surface area contributed by atoms with Crippen LogP contribution in [0, 0.1) is 17.8 Å². The Morgan fingerprint density at radius 1 is 0.270 bits per heavy atom. The second kappa shape index (κ2) is 71.3. The molecular formula is C81H158O17P2. The first-order valence-electron chi connectivity index (χ1n) is 41.8. The number of phosphoric ester groups is 2. The highest BCUT2D eigenvalue weighted by molar-refractivity contribution is 7.47. The molecular weight excluding hydrogens is 1310 g/mol. The zero-order valence-electron chi connectivity index (χ0n) is 65.7. The molecule has 0 aliphatic carbocycles. The summed E-state index contributed by atoms with van der Waals surface area (Å²) >= 11 is 0. The van der Waals surface area contributed by atoms with Crippen molar-refractivity contribution in [3.63, 3.8) is 0 Å². The number of hydrogen-bond donors (Lipinski definition) is 3. The number of carbonyl (C=O) groups is 4. The Kier molecular flexibility index (Phi) is 69.9. The van der Waals surface area contributed by atoms with E-state index in [1.807, 2.05) is 0 Å². The Morgan fingerprint density at radius 3 is 0.680 bits per heavy atom. The maximum atomic E-state index is 13.1. The number of aliphatic hydroxyl groups excluding tert-OH is 1. The van der Waals surface area contributed by atoms with E-state index in [4.69, 9.17) is 37.0 Å². The van der Waals surface area contributed by atoms with Gasteiger partial charge in [-0.25, -0.2) is 9.13 Å². The van der Waals surface area contributed by atoms with Crippen molar-refractivity contribution in [2.75, 3.05) is 39.6 Å². The third kappa shape index (κ3) is 74.3. The van der Waals surface area contributed by atoms with Crippen LogP contribution in [0.25, 0.3) is 0 Å². The van der Waals surface area contributed by atoms with Crippen LogP contribution in [0.1, 0.15) is 421 Å². The zero-order valence-corrected chi connectivity index (χ0v) is 67.5. The molecule has 0 saturated carbocycles. The number of carbonyl (C=O) groups excluding carboxylic acids is 4. The lowest BCUT2D eigenvalue weighted by Crippen LogP contribution is -2.30. The van der Waals surface area contributed by atoms with E-state index in [0.717, 1.165) is 108 Å². The Labute approximate surface area is 613 Å². The van der Waals surface area contributed by atoms with Gasteiger partial charge in [-0.15, -0.1) is 0 Å². The molecule has 0 aromatic rings. The van der Waals surface area contributed by atoms with Crippen LogP contribution < -0.4 is 0 Å². The topological polar surface area (TPSA) is 237 Å². The summed E-state index contributed by atoms with van der Waals surface area (Å²) in [5, 5.41) is 10.6. The zero-order chi connectivity index (χ0) is 73.7. The average Bonchev–Trinajstić information content (AvgIpc) is 0.916. The molecule has 100 heavy (non-hydrogen) atoms. The number of unbranched alkanes of at least 4 members (excludes halogenated alkanes) is 47. The molecule has 19 heteroatoms. The van der Waals surface area contributed by atoms with Gasteiger partial charge in [0.25, 0.3) is 0 Å². The van der Waals surface area contributed by atoms with Crippen molar-refractivity contribution in [2.45, 2.75) is 439 Å². The molecule has 0 aromatic heterocycles. The third-order valence-corrected chi connectivity index (χ3v) is 20.8.